The topological polar surface area (TPSA) is 204 Å². The third-order valence-electron chi connectivity index (χ3n) is 13.2. The Balaban J connectivity index is 1.26. The van der Waals surface area contributed by atoms with E-state index in [0.717, 1.165) is 0 Å². The maximum atomic E-state index is 15.0. The highest BCUT2D eigenvalue weighted by molar-refractivity contribution is 7.91. The van der Waals surface area contributed by atoms with E-state index in [-0.39, 0.29) is 43.1 Å². The fourth-order valence-electron chi connectivity index (χ4n) is 8.58. The van der Waals surface area contributed by atoms with Crippen LogP contribution in [0.1, 0.15) is 93.4 Å². The van der Waals surface area contributed by atoms with Crippen LogP contribution in [0.15, 0.2) is 54.6 Å². The van der Waals surface area contributed by atoms with E-state index in [1.807, 2.05) is 26.8 Å². The summed E-state index contributed by atoms with van der Waals surface area (Å²) in [5.41, 5.74) is -3.53. The molecule has 3 aromatic rings. The Kier molecular flexibility index (Phi) is 13.6. The van der Waals surface area contributed by atoms with Gasteiger partial charge in [-0.2, -0.15) is 18.2 Å². The van der Waals surface area contributed by atoms with Gasteiger partial charge in [0.1, 0.15) is 35.2 Å². The summed E-state index contributed by atoms with van der Waals surface area (Å²) in [6, 6.07) is 9.37. The second-order valence-electron chi connectivity index (χ2n) is 19.4. The smallest absolute Gasteiger partial charge is 0.427 e. The molecule has 364 valence electrons. The van der Waals surface area contributed by atoms with Crippen molar-refractivity contribution in [2.24, 2.45) is 17.8 Å². The zero-order valence-electron chi connectivity index (χ0n) is 38.9. The number of hydrogen-bond acceptors (Lipinski definition) is 12. The highest BCUT2D eigenvalue weighted by Gasteiger charge is 2.63. The Bertz CT molecular complexity index is 2530. The Morgan fingerprint density at radius 3 is 2.33 bits per heavy atom. The van der Waals surface area contributed by atoms with Crippen LogP contribution in [-0.2, 0) is 29.1 Å². The van der Waals surface area contributed by atoms with Gasteiger partial charge in [-0.1, -0.05) is 26.0 Å². The van der Waals surface area contributed by atoms with E-state index in [2.05, 4.69) is 15.4 Å². The lowest BCUT2D eigenvalue weighted by Crippen LogP contribution is -2.59. The fourth-order valence-corrected chi connectivity index (χ4v) is 9.89. The Hall–Kier alpha value is -5.66. The van der Waals surface area contributed by atoms with Gasteiger partial charge in [-0.25, -0.2) is 18.2 Å². The average Bonchev–Trinajstić information content (AvgIpc) is 4.13. The van der Waals surface area contributed by atoms with Crippen molar-refractivity contribution >= 4 is 44.7 Å². The van der Waals surface area contributed by atoms with Crippen molar-refractivity contribution in [1.29, 1.82) is 0 Å². The van der Waals surface area contributed by atoms with Crippen molar-refractivity contribution in [3.05, 3.63) is 54.6 Å². The maximum absolute atomic E-state index is 15.0. The Morgan fingerprint density at radius 1 is 1.00 bits per heavy atom. The standard InChI is InChI=1S/C47H59F3N6O10S/c1-26(2)64-31-15-13-29(14-16-31)38-51-35-22-32(63-8)17-18-34(35)40(53-38)65-33-23-36-39(57)54-46(42(59)55-67(61,62)45(7)19-20-45)24-30(46)12-10-9-11-27(3)21-28(4)37(41(58)56(36)25-33)52-43(60)66-44(5,6)47(48,49)50/h10,12-18,22,26-28,30,33,36-37H,9,11,19-21,23-25H2,1-8H3,(H,52,60)(H,54,57)(H,55,59)/b12-10-/t27-,28+,30+,33+,36-,37-,46+/m0/s1. The molecule has 1 saturated heterocycles. The fraction of sp³-hybridized carbons (Fsp3) is 0.574. The molecule has 20 heteroatoms. The monoisotopic (exact) mass is 956 g/mol. The zero-order chi connectivity index (χ0) is 48.9. The predicted molar refractivity (Wildman–Crippen MR) is 240 cm³/mol. The summed E-state index contributed by atoms with van der Waals surface area (Å²) >= 11 is 0. The van der Waals surface area contributed by atoms with Crippen LogP contribution in [0, 0.1) is 17.8 Å². The van der Waals surface area contributed by atoms with Gasteiger partial charge in [0.25, 0.3) is 5.91 Å². The summed E-state index contributed by atoms with van der Waals surface area (Å²) in [6.45, 7) is 10.1. The lowest BCUT2D eigenvalue weighted by Gasteiger charge is -2.34. The highest BCUT2D eigenvalue weighted by Crippen LogP contribution is 2.48. The van der Waals surface area contributed by atoms with Crippen molar-refractivity contribution in [1.82, 2.24) is 30.2 Å². The van der Waals surface area contributed by atoms with Gasteiger partial charge in [0, 0.05) is 24.0 Å². The van der Waals surface area contributed by atoms with Gasteiger partial charge in [-0.05, 0) is 121 Å². The first-order valence-corrected chi connectivity index (χ1v) is 24.1. The molecular formula is C47H59F3N6O10S. The van der Waals surface area contributed by atoms with Gasteiger partial charge in [-0.15, -0.1) is 0 Å². The molecule has 1 aromatic heterocycles. The second-order valence-corrected chi connectivity index (χ2v) is 21.6. The largest absolute Gasteiger partial charge is 0.497 e. The number of allylic oxidation sites excluding steroid dienone is 1. The normalized spacial score (nSPS) is 27.1. The zero-order valence-corrected chi connectivity index (χ0v) is 39.7. The summed E-state index contributed by atoms with van der Waals surface area (Å²) in [6.07, 6.45) is -1.72. The van der Waals surface area contributed by atoms with Crippen LogP contribution in [0.25, 0.3) is 22.3 Å². The van der Waals surface area contributed by atoms with Gasteiger partial charge in [0.2, 0.25) is 33.3 Å². The lowest BCUT2D eigenvalue weighted by molar-refractivity contribution is -0.244. The molecule has 0 unspecified atom stereocenters. The summed E-state index contributed by atoms with van der Waals surface area (Å²) in [5.74, 6) is -2.34. The van der Waals surface area contributed by atoms with E-state index in [9.17, 15) is 36.0 Å². The van der Waals surface area contributed by atoms with Crippen molar-refractivity contribution in [3.63, 3.8) is 0 Å². The minimum atomic E-state index is -4.94. The number of hydrogen-bond donors (Lipinski definition) is 3. The Morgan fingerprint density at radius 2 is 1.69 bits per heavy atom. The van der Waals surface area contributed by atoms with Crippen LogP contribution < -0.4 is 29.6 Å². The third kappa shape index (κ3) is 10.6. The molecule has 2 aromatic carbocycles. The van der Waals surface area contributed by atoms with Crippen LogP contribution in [0.2, 0.25) is 0 Å². The van der Waals surface area contributed by atoms with Gasteiger partial charge in [0.15, 0.2) is 5.82 Å². The molecule has 3 fully saturated rings. The first kappa shape index (κ1) is 49.3. The molecule has 0 radical (unpaired) electrons. The maximum Gasteiger partial charge on any atom is 0.427 e. The van der Waals surface area contributed by atoms with Crippen LogP contribution >= 0.6 is 0 Å². The quantitative estimate of drug-likeness (QED) is 0.171. The average molecular weight is 957 g/mol. The number of sulfonamides is 1. The molecule has 4 amide bonds. The minimum absolute atomic E-state index is 0.0599. The molecule has 2 aliphatic carbocycles. The van der Waals surface area contributed by atoms with Gasteiger partial charge in [0.05, 0.1) is 35.4 Å². The van der Waals surface area contributed by atoms with Crippen molar-refractivity contribution in [2.45, 2.75) is 140 Å². The molecule has 3 heterocycles. The molecule has 2 saturated carbocycles. The number of rotatable bonds is 11. The molecular weight excluding hydrogens is 898 g/mol. The lowest BCUT2D eigenvalue weighted by atomic mass is 9.88. The molecule has 3 N–H and O–H groups in total. The number of aromatic nitrogens is 2. The van der Waals surface area contributed by atoms with E-state index in [4.69, 9.17) is 28.9 Å². The van der Waals surface area contributed by atoms with E-state index in [1.54, 1.807) is 55.5 Å². The van der Waals surface area contributed by atoms with Crippen LogP contribution in [-0.4, -0.2) is 107 Å². The highest BCUT2D eigenvalue weighted by atomic mass is 32.2. The Labute approximate surface area is 388 Å². The molecule has 67 heavy (non-hydrogen) atoms. The number of fused-ring (bicyclic) bond motifs is 3. The first-order valence-electron chi connectivity index (χ1n) is 22.6. The third-order valence-corrected chi connectivity index (χ3v) is 15.3. The van der Waals surface area contributed by atoms with Crippen molar-refractivity contribution in [3.8, 4) is 28.8 Å². The van der Waals surface area contributed by atoms with E-state index < -0.39 is 85.9 Å². The molecule has 0 bridgehead atoms. The number of nitrogens with one attached hydrogen (secondary N) is 3. The number of benzene rings is 2. The number of halogens is 3. The van der Waals surface area contributed by atoms with Crippen molar-refractivity contribution in [2.75, 3.05) is 13.7 Å². The summed E-state index contributed by atoms with van der Waals surface area (Å²) in [5, 5.41) is 5.69. The number of alkyl halides is 3. The molecule has 16 nitrogen and oxygen atoms in total. The minimum Gasteiger partial charge on any atom is -0.497 e. The van der Waals surface area contributed by atoms with E-state index in [1.165, 1.54) is 18.9 Å². The predicted octanol–water partition coefficient (Wildman–Crippen LogP) is 6.76. The second kappa shape index (κ2) is 18.4. The van der Waals surface area contributed by atoms with Gasteiger partial charge in [-0.3, -0.25) is 19.1 Å². The number of ether oxygens (including phenoxy) is 4. The summed E-state index contributed by atoms with van der Waals surface area (Å²) in [7, 11) is -2.61. The molecule has 4 aliphatic rings. The molecule has 7 atom stereocenters. The van der Waals surface area contributed by atoms with Crippen molar-refractivity contribution < 1.29 is 59.7 Å². The van der Waals surface area contributed by atoms with E-state index >= 15 is 4.79 Å². The molecule has 7 rings (SSSR count). The number of carbonyl (C=O) groups excluding carboxylic acids is 4. The SMILES string of the molecule is COc1ccc2c(O[C@@H]3C[C@H]4C(=O)N[C@]5(C(=O)NS(=O)(=O)C6(C)CC6)C[C@H]5/C=C\CC[C@H](C)C[C@@H](C)[C@H](NC(=O)OC(C)(C)C(F)(F)F)C(=O)N4C3)nc(-c3ccc(OC(C)C)cc3)nc2c1. The number of amides is 4. The number of methoxy groups -OCH3 is 1. The van der Waals surface area contributed by atoms with Gasteiger partial charge >= 0.3 is 12.3 Å². The van der Waals surface area contributed by atoms with Crippen LogP contribution in [0.4, 0.5) is 18.0 Å². The number of carbonyl (C=O) groups is 4. The molecule has 0 spiro atoms. The van der Waals surface area contributed by atoms with Crippen LogP contribution in [0.3, 0.4) is 0 Å². The summed E-state index contributed by atoms with van der Waals surface area (Å²) in [4.78, 5) is 68.0. The number of nitrogens with zero attached hydrogens (tertiary/aromatic N) is 3. The van der Waals surface area contributed by atoms with E-state index in [0.29, 0.717) is 73.9 Å². The van der Waals surface area contributed by atoms with Crippen LogP contribution in [0.5, 0.6) is 17.4 Å². The molecule has 2 aliphatic heterocycles. The van der Waals surface area contributed by atoms with Gasteiger partial charge < -0.3 is 34.5 Å². The number of alkyl carbamates (subject to hydrolysis) is 1. The first-order chi connectivity index (χ1) is 31.3. The summed E-state index contributed by atoms with van der Waals surface area (Å²) < 4.78 is 92.2.